The average molecular weight is 224 g/mol. The molecule has 0 aromatic carbocycles. The predicted octanol–water partition coefficient (Wildman–Crippen LogP) is 2.84. The van der Waals surface area contributed by atoms with E-state index in [9.17, 15) is 9.59 Å². The molecular weight excluding hydrogens is 204 g/mol. The van der Waals surface area contributed by atoms with Gasteiger partial charge in [-0.1, -0.05) is 34.6 Å². The predicted molar refractivity (Wildman–Crippen MR) is 62.5 cm³/mol. The highest BCUT2D eigenvalue weighted by molar-refractivity contribution is 5.36. The molecule has 0 N–H and O–H groups in total. The van der Waals surface area contributed by atoms with Crippen LogP contribution in [-0.2, 0) is 9.59 Å². The second-order valence-electron chi connectivity index (χ2n) is 6.03. The van der Waals surface area contributed by atoms with Crippen LogP contribution in [0.4, 0.5) is 0 Å². The molecular formula is C12H20N2O2. The second kappa shape index (κ2) is 5.74. The largest absolute Gasteiger partial charge is 0.237 e. The van der Waals surface area contributed by atoms with Crippen LogP contribution in [0.15, 0.2) is 9.98 Å². The average Bonchev–Trinajstić information content (AvgIpc) is 1.98. The molecule has 0 aromatic heterocycles. The number of aliphatic imine (C=N–C) groups is 2. The third kappa shape index (κ3) is 7.10. The molecule has 0 aliphatic carbocycles. The van der Waals surface area contributed by atoms with Gasteiger partial charge in [0.05, 0.1) is 0 Å². The molecule has 0 saturated heterocycles. The minimum Gasteiger partial charge on any atom is -0.211 e. The Morgan fingerprint density at radius 3 is 1.75 bits per heavy atom. The topological polar surface area (TPSA) is 58.9 Å². The van der Waals surface area contributed by atoms with Gasteiger partial charge in [0.2, 0.25) is 12.2 Å². The molecule has 0 unspecified atom stereocenters. The summed E-state index contributed by atoms with van der Waals surface area (Å²) in [5.41, 5.74) is 0.146. The Labute approximate surface area is 96.9 Å². The summed E-state index contributed by atoms with van der Waals surface area (Å²) in [6.45, 7) is 10.6. The van der Waals surface area contributed by atoms with Gasteiger partial charge in [-0.25, -0.2) is 9.59 Å². The van der Waals surface area contributed by atoms with Crippen LogP contribution in [0.1, 0.15) is 47.5 Å². The van der Waals surface area contributed by atoms with Crippen LogP contribution in [0.2, 0.25) is 0 Å². The minimum absolute atomic E-state index is 0.0381. The van der Waals surface area contributed by atoms with E-state index in [1.165, 1.54) is 12.2 Å². The number of rotatable bonds is 5. The fraction of sp³-hybridized carbons (Fsp3) is 0.833. The Morgan fingerprint density at radius 2 is 1.44 bits per heavy atom. The van der Waals surface area contributed by atoms with Gasteiger partial charge < -0.3 is 0 Å². The molecule has 0 fully saturated rings. The van der Waals surface area contributed by atoms with Crippen molar-refractivity contribution >= 4 is 12.2 Å². The fourth-order valence-corrected chi connectivity index (χ4v) is 2.24. The molecule has 0 bridgehead atoms. The lowest BCUT2D eigenvalue weighted by molar-refractivity contribution is 0.189. The smallest absolute Gasteiger partial charge is 0.211 e. The van der Waals surface area contributed by atoms with Crippen molar-refractivity contribution in [2.24, 2.45) is 20.8 Å². The summed E-state index contributed by atoms with van der Waals surface area (Å²) in [6, 6.07) is 0. The summed E-state index contributed by atoms with van der Waals surface area (Å²) in [6.07, 6.45) is 3.74. The van der Waals surface area contributed by atoms with E-state index in [2.05, 4.69) is 44.6 Å². The first-order valence-corrected chi connectivity index (χ1v) is 5.34. The number of hydrogen-bond donors (Lipinski definition) is 0. The molecule has 0 aromatic rings. The zero-order valence-corrected chi connectivity index (χ0v) is 10.7. The molecule has 0 rings (SSSR count). The lowest BCUT2D eigenvalue weighted by Gasteiger charge is -2.32. The van der Waals surface area contributed by atoms with Gasteiger partial charge in [-0.05, 0) is 23.7 Å². The summed E-state index contributed by atoms with van der Waals surface area (Å²) < 4.78 is 0. The molecule has 0 atom stereocenters. The van der Waals surface area contributed by atoms with Gasteiger partial charge in [0, 0.05) is 0 Å². The molecule has 16 heavy (non-hydrogen) atoms. The van der Waals surface area contributed by atoms with E-state index in [0.717, 1.165) is 6.42 Å². The second-order valence-corrected chi connectivity index (χ2v) is 6.03. The van der Waals surface area contributed by atoms with E-state index in [4.69, 9.17) is 0 Å². The highest BCUT2D eigenvalue weighted by Crippen LogP contribution is 2.37. The number of nitrogens with zero attached hydrogens (tertiary/aromatic N) is 2. The zero-order valence-electron chi connectivity index (χ0n) is 10.7. The van der Waals surface area contributed by atoms with Gasteiger partial charge in [0.25, 0.3) is 0 Å². The van der Waals surface area contributed by atoms with Gasteiger partial charge in [0.1, 0.15) is 0 Å². The Morgan fingerprint density at radius 1 is 1.00 bits per heavy atom. The van der Waals surface area contributed by atoms with Gasteiger partial charge in [0.15, 0.2) is 6.17 Å². The maximum Gasteiger partial charge on any atom is 0.237 e. The van der Waals surface area contributed by atoms with Crippen molar-refractivity contribution in [2.45, 2.75) is 53.6 Å². The molecule has 0 spiro atoms. The lowest BCUT2D eigenvalue weighted by atomic mass is 9.74. The highest BCUT2D eigenvalue weighted by atomic mass is 16.1. The molecule has 4 heteroatoms. The van der Waals surface area contributed by atoms with Gasteiger partial charge in [-0.3, -0.25) is 0 Å². The van der Waals surface area contributed by atoms with Gasteiger partial charge in [-0.2, -0.15) is 9.98 Å². The maximum atomic E-state index is 10.2. The summed E-state index contributed by atoms with van der Waals surface area (Å²) in [5.74, 6) is 0. The fourth-order valence-electron chi connectivity index (χ4n) is 2.24. The summed E-state index contributed by atoms with van der Waals surface area (Å²) >= 11 is 0. The van der Waals surface area contributed by atoms with Crippen LogP contribution in [0.3, 0.4) is 0 Å². The molecule has 4 nitrogen and oxygen atoms in total. The summed E-state index contributed by atoms with van der Waals surface area (Å²) in [4.78, 5) is 27.3. The Kier molecular flexibility index (Phi) is 5.29. The molecule has 0 radical (unpaired) electrons. The van der Waals surface area contributed by atoms with E-state index in [1.54, 1.807) is 0 Å². The third-order valence-corrected chi connectivity index (χ3v) is 2.15. The Bertz CT molecular complexity index is 298. The first-order chi connectivity index (χ1) is 7.20. The Balaban J connectivity index is 4.65. The molecule has 0 heterocycles. The molecule has 0 saturated carbocycles. The van der Waals surface area contributed by atoms with E-state index >= 15 is 0 Å². The van der Waals surface area contributed by atoms with E-state index in [-0.39, 0.29) is 10.8 Å². The number of hydrogen-bond acceptors (Lipinski definition) is 4. The minimum atomic E-state index is -0.646. The van der Waals surface area contributed by atoms with Crippen molar-refractivity contribution < 1.29 is 9.59 Å². The van der Waals surface area contributed by atoms with E-state index in [1.807, 2.05) is 0 Å². The van der Waals surface area contributed by atoms with Crippen molar-refractivity contribution in [1.29, 1.82) is 0 Å². The van der Waals surface area contributed by atoms with Crippen LogP contribution in [-0.4, -0.2) is 18.3 Å². The first-order valence-electron chi connectivity index (χ1n) is 5.34. The molecule has 0 amide bonds. The van der Waals surface area contributed by atoms with E-state index in [0.29, 0.717) is 6.42 Å². The maximum absolute atomic E-state index is 10.2. The number of isocyanates is 2. The first kappa shape index (κ1) is 14.8. The summed E-state index contributed by atoms with van der Waals surface area (Å²) in [7, 11) is 0. The van der Waals surface area contributed by atoms with E-state index < -0.39 is 6.17 Å². The van der Waals surface area contributed by atoms with Gasteiger partial charge in [-0.15, -0.1) is 0 Å². The number of carbonyl (C=O) groups excluding carboxylic acids is 2. The van der Waals surface area contributed by atoms with Crippen LogP contribution in [0, 0.1) is 10.8 Å². The third-order valence-electron chi connectivity index (χ3n) is 2.15. The molecule has 0 aliphatic rings. The standard InChI is InChI=1S/C12H20N2O2/c1-11(2,3)7-12(4,5)6-10(13-8-15)14-9-16/h10H,6-7H2,1-5H3. The zero-order chi connectivity index (χ0) is 12.8. The monoisotopic (exact) mass is 224 g/mol. The highest BCUT2D eigenvalue weighted by Gasteiger charge is 2.28. The van der Waals surface area contributed by atoms with Crippen LogP contribution < -0.4 is 0 Å². The van der Waals surface area contributed by atoms with Crippen LogP contribution in [0.5, 0.6) is 0 Å². The lowest BCUT2D eigenvalue weighted by Crippen LogP contribution is -2.24. The van der Waals surface area contributed by atoms with Crippen molar-refractivity contribution in [2.75, 3.05) is 0 Å². The van der Waals surface area contributed by atoms with Crippen LogP contribution >= 0.6 is 0 Å². The SMILES string of the molecule is CC(C)(C)CC(C)(C)CC(N=C=O)N=C=O. The van der Waals surface area contributed by atoms with Gasteiger partial charge >= 0.3 is 0 Å². The van der Waals surface area contributed by atoms with Crippen molar-refractivity contribution in [3.63, 3.8) is 0 Å². The molecule has 0 aliphatic heterocycles. The van der Waals surface area contributed by atoms with Crippen molar-refractivity contribution in [3.8, 4) is 0 Å². The normalized spacial score (nSPS) is 13.6. The van der Waals surface area contributed by atoms with Crippen molar-refractivity contribution in [1.82, 2.24) is 0 Å². The quantitative estimate of drug-likeness (QED) is 0.532. The molecule has 90 valence electrons. The van der Waals surface area contributed by atoms with Crippen molar-refractivity contribution in [3.05, 3.63) is 0 Å². The van der Waals surface area contributed by atoms with Crippen LogP contribution in [0.25, 0.3) is 0 Å². The summed E-state index contributed by atoms with van der Waals surface area (Å²) in [5, 5.41) is 0. The Hall–Kier alpha value is -1.24.